The zero-order valence-corrected chi connectivity index (χ0v) is 12.3. The minimum atomic E-state index is -0.373. The molecule has 0 spiro atoms. The summed E-state index contributed by atoms with van der Waals surface area (Å²) in [5.74, 6) is 0.117. The molecule has 1 rings (SSSR count). The number of amides is 2. The second kappa shape index (κ2) is 8.15. The van der Waals surface area contributed by atoms with Gasteiger partial charge >= 0.3 is 0 Å². The summed E-state index contributed by atoms with van der Waals surface area (Å²) in [6, 6.07) is -0.373. The molecule has 2 amide bonds. The van der Waals surface area contributed by atoms with Crippen molar-refractivity contribution in [3.05, 3.63) is 0 Å². The van der Waals surface area contributed by atoms with Gasteiger partial charge in [0.05, 0.1) is 13.2 Å². The third kappa shape index (κ3) is 4.82. The van der Waals surface area contributed by atoms with E-state index in [2.05, 4.69) is 12.2 Å². The lowest BCUT2D eigenvalue weighted by Gasteiger charge is -2.35. The van der Waals surface area contributed by atoms with Crippen molar-refractivity contribution in [3.63, 3.8) is 0 Å². The van der Waals surface area contributed by atoms with Gasteiger partial charge < -0.3 is 15.0 Å². The van der Waals surface area contributed by atoms with Crippen LogP contribution >= 0.6 is 0 Å². The molecular weight excluding hydrogens is 244 g/mol. The number of ether oxygens (including phenoxy) is 1. The molecule has 19 heavy (non-hydrogen) atoms. The van der Waals surface area contributed by atoms with Gasteiger partial charge in [-0.2, -0.15) is 0 Å². The second-order valence-electron chi connectivity index (χ2n) is 5.16. The van der Waals surface area contributed by atoms with E-state index in [0.29, 0.717) is 13.2 Å². The number of hydrogen-bond acceptors (Lipinski definition) is 3. The zero-order chi connectivity index (χ0) is 14.3. The highest BCUT2D eigenvalue weighted by molar-refractivity contribution is 5.95. The summed E-state index contributed by atoms with van der Waals surface area (Å²) >= 11 is 0. The van der Waals surface area contributed by atoms with Gasteiger partial charge in [-0.15, -0.1) is 0 Å². The second-order valence-corrected chi connectivity index (χ2v) is 5.16. The van der Waals surface area contributed by atoms with Crippen LogP contribution in [-0.4, -0.2) is 49.1 Å². The maximum Gasteiger partial charge on any atom is 0.245 e. The van der Waals surface area contributed by atoms with Crippen LogP contribution in [0.3, 0.4) is 0 Å². The fourth-order valence-corrected chi connectivity index (χ4v) is 2.06. The fraction of sp³-hybridized carbons (Fsp3) is 0.857. The third-order valence-electron chi connectivity index (χ3n) is 3.59. The molecule has 0 aromatic heterocycles. The minimum Gasteiger partial charge on any atom is -0.380 e. The van der Waals surface area contributed by atoms with Crippen molar-refractivity contribution in [2.75, 3.05) is 26.3 Å². The molecule has 0 aromatic rings. The van der Waals surface area contributed by atoms with Crippen molar-refractivity contribution in [2.45, 2.75) is 46.1 Å². The van der Waals surface area contributed by atoms with Gasteiger partial charge in [0.25, 0.3) is 0 Å². The standard InChI is InChI=1S/C14H26N2O3/c1-4-6-8-19-9-7-16-10-12(17)15-13(14(16)18)11(3)5-2/h11,13H,4-10H2,1-3H3,(H,15,17). The highest BCUT2D eigenvalue weighted by atomic mass is 16.5. The van der Waals surface area contributed by atoms with Gasteiger partial charge in [-0.1, -0.05) is 33.6 Å². The Bertz CT molecular complexity index is 307. The van der Waals surface area contributed by atoms with E-state index in [1.807, 2.05) is 13.8 Å². The third-order valence-corrected chi connectivity index (χ3v) is 3.59. The molecule has 1 heterocycles. The fourth-order valence-electron chi connectivity index (χ4n) is 2.06. The van der Waals surface area contributed by atoms with Gasteiger partial charge in [-0.3, -0.25) is 9.59 Å². The molecule has 0 aliphatic carbocycles. The molecule has 5 heteroatoms. The summed E-state index contributed by atoms with van der Waals surface area (Å²) < 4.78 is 5.46. The first-order valence-electron chi connectivity index (χ1n) is 7.26. The topological polar surface area (TPSA) is 58.6 Å². The van der Waals surface area contributed by atoms with Crippen LogP contribution in [0.2, 0.25) is 0 Å². The first-order chi connectivity index (χ1) is 9.10. The van der Waals surface area contributed by atoms with Crippen molar-refractivity contribution in [2.24, 2.45) is 5.92 Å². The quantitative estimate of drug-likeness (QED) is 0.674. The molecule has 1 saturated heterocycles. The summed E-state index contributed by atoms with van der Waals surface area (Å²) in [6.45, 7) is 8.01. The smallest absolute Gasteiger partial charge is 0.245 e. The van der Waals surface area contributed by atoms with Crippen LogP contribution in [0.5, 0.6) is 0 Å². The molecule has 1 aliphatic rings. The SMILES string of the molecule is CCCCOCCN1CC(=O)NC(C(C)CC)C1=O. The molecule has 110 valence electrons. The van der Waals surface area contributed by atoms with Crippen LogP contribution in [0.25, 0.3) is 0 Å². The number of nitrogens with one attached hydrogen (secondary N) is 1. The number of piperazine rings is 1. The molecule has 1 aliphatic heterocycles. The van der Waals surface area contributed by atoms with Crippen molar-refractivity contribution >= 4 is 11.8 Å². The molecule has 1 N–H and O–H groups in total. The van der Waals surface area contributed by atoms with E-state index in [1.54, 1.807) is 4.90 Å². The van der Waals surface area contributed by atoms with E-state index in [0.717, 1.165) is 25.9 Å². The van der Waals surface area contributed by atoms with Crippen molar-refractivity contribution < 1.29 is 14.3 Å². The van der Waals surface area contributed by atoms with Crippen molar-refractivity contribution in [1.82, 2.24) is 10.2 Å². The van der Waals surface area contributed by atoms with E-state index in [-0.39, 0.29) is 30.3 Å². The summed E-state index contributed by atoms with van der Waals surface area (Å²) in [7, 11) is 0. The summed E-state index contributed by atoms with van der Waals surface area (Å²) in [6.07, 6.45) is 3.00. The maximum atomic E-state index is 12.2. The largest absolute Gasteiger partial charge is 0.380 e. The number of unbranched alkanes of at least 4 members (excludes halogenated alkanes) is 1. The molecular formula is C14H26N2O3. The maximum absolute atomic E-state index is 12.2. The Morgan fingerprint density at radius 2 is 2.11 bits per heavy atom. The number of rotatable bonds is 8. The Labute approximate surface area is 115 Å². The van der Waals surface area contributed by atoms with Crippen LogP contribution < -0.4 is 5.32 Å². The predicted octanol–water partition coefficient (Wildman–Crippen LogP) is 1.18. The van der Waals surface area contributed by atoms with E-state index >= 15 is 0 Å². The normalized spacial score (nSPS) is 21.4. The number of carbonyl (C=O) groups excluding carboxylic acids is 2. The zero-order valence-electron chi connectivity index (χ0n) is 12.3. The number of nitrogens with zero attached hydrogens (tertiary/aromatic N) is 1. The molecule has 1 fully saturated rings. The molecule has 0 aromatic carbocycles. The van der Waals surface area contributed by atoms with E-state index in [4.69, 9.17) is 4.74 Å². The Kier molecular flexibility index (Phi) is 6.84. The van der Waals surface area contributed by atoms with Crippen molar-refractivity contribution in [3.8, 4) is 0 Å². The Hall–Kier alpha value is -1.10. The Morgan fingerprint density at radius 1 is 1.37 bits per heavy atom. The lowest BCUT2D eigenvalue weighted by Crippen LogP contribution is -2.60. The van der Waals surface area contributed by atoms with E-state index < -0.39 is 0 Å². The van der Waals surface area contributed by atoms with Gasteiger partial charge in [-0.05, 0) is 12.3 Å². The van der Waals surface area contributed by atoms with Crippen LogP contribution in [0.15, 0.2) is 0 Å². The first kappa shape index (κ1) is 16.0. The molecule has 2 atom stereocenters. The monoisotopic (exact) mass is 270 g/mol. The minimum absolute atomic E-state index is 0.0213. The molecule has 2 unspecified atom stereocenters. The van der Waals surface area contributed by atoms with Gasteiger partial charge in [0, 0.05) is 13.2 Å². The highest BCUT2D eigenvalue weighted by Crippen LogP contribution is 2.14. The van der Waals surface area contributed by atoms with Gasteiger partial charge in [0.2, 0.25) is 11.8 Å². The lowest BCUT2D eigenvalue weighted by atomic mass is 9.96. The molecule has 5 nitrogen and oxygen atoms in total. The molecule has 0 saturated carbocycles. The van der Waals surface area contributed by atoms with E-state index in [1.165, 1.54) is 0 Å². The van der Waals surface area contributed by atoms with Crippen LogP contribution in [0.1, 0.15) is 40.0 Å². The van der Waals surface area contributed by atoms with Gasteiger partial charge in [0.15, 0.2) is 0 Å². The average Bonchev–Trinajstić information content (AvgIpc) is 2.41. The van der Waals surface area contributed by atoms with Gasteiger partial charge in [-0.25, -0.2) is 0 Å². The van der Waals surface area contributed by atoms with Gasteiger partial charge in [0.1, 0.15) is 6.04 Å². The van der Waals surface area contributed by atoms with Crippen molar-refractivity contribution in [1.29, 1.82) is 0 Å². The summed E-state index contributed by atoms with van der Waals surface area (Å²) in [5, 5.41) is 2.79. The van der Waals surface area contributed by atoms with Crippen LogP contribution in [0, 0.1) is 5.92 Å². The van der Waals surface area contributed by atoms with Crippen LogP contribution in [-0.2, 0) is 14.3 Å². The highest BCUT2D eigenvalue weighted by Gasteiger charge is 2.34. The first-order valence-corrected chi connectivity index (χ1v) is 7.26. The Balaban J connectivity index is 2.43. The molecule has 0 bridgehead atoms. The lowest BCUT2D eigenvalue weighted by molar-refractivity contribution is -0.146. The number of carbonyl (C=O) groups is 2. The summed E-state index contributed by atoms with van der Waals surface area (Å²) in [4.78, 5) is 25.5. The molecule has 0 radical (unpaired) electrons. The number of hydrogen-bond donors (Lipinski definition) is 1. The summed E-state index contributed by atoms with van der Waals surface area (Å²) in [5.41, 5.74) is 0. The van der Waals surface area contributed by atoms with E-state index in [9.17, 15) is 9.59 Å². The van der Waals surface area contributed by atoms with Crippen LogP contribution in [0.4, 0.5) is 0 Å². The average molecular weight is 270 g/mol. The predicted molar refractivity (Wildman–Crippen MR) is 73.7 cm³/mol. The Morgan fingerprint density at radius 3 is 2.74 bits per heavy atom.